The summed E-state index contributed by atoms with van der Waals surface area (Å²) in [7, 11) is -1.89. The highest BCUT2D eigenvalue weighted by molar-refractivity contribution is 7.88. The number of hydrogen-bond donors (Lipinski definition) is 3. The van der Waals surface area contributed by atoms with Gasteiger partial charge in [-0.25, -0.2) is 17.9 Å². The molecule has 0 aliphatic heterocycles. The van der Waals surface area contributed by atoms with Crippen LogP contribution in [-0.2, 0) is 22.3 Å². The zero-order valence-electron chi connectivity index (χ0n) is 14.6. The second kappa shape index (κ2) is 8.13. The molecule has 6 nitrogen and oxygen atoms in total. The van der Waals surface area contributed by atoms with Crippen LogP contribution in [0.2, 0.25) is 0 Å². The normalized spacial score (nSPS) is 11.2. The Labute approximate surface area is 148 Å². The zero-order chi connectivity index (χ0) is 18.4. The fourth-order valence-corrected chi connectivity index (χ4v) is 3.23. The van der Waals surface area contributed by atoms with E-state index in [-0.39, 0.29) is 11.8 Å². The molecule has 0 fully saturated rings. The van der Waals surface area contributed by atoms with Gasteiger partial charge in [0.2, 0.25) is 10.0 Å². The van der Waals surface area contributed by atoms with Crippen LogP contribution in [0.3, 0.4) is 0 Å². The first-order chi connectivity index (χ1) is 11.8. The summed E-state index contributed by atoms with van der Waals surface area (Å²) in [5.41, 5.74) is 4.51. The highest BCUT2D eigenvalue weighted by Gasteiger charge is 2.08. The smallest absolute Gasteiger partial charge is 0.319 e. The second-order valence-electron chi connectivity index (χ2n) is 5.96. The number of carbonyl (C=O) groups excluding carboxylic acids is 1. The van der Waals surface area contributed by atoms with Crippen molar-refractivity contribution in [1.29, 1.82) is 0 Å². The summed E-state index contributed by atoms with van der Waals surface area (Å²) in [4.78, 5) is 12.0. The Hall–Kier alpha value is -2.38. The molecule has 2 rings (SSSR count). The molecule has 2 amide bonds. The number of aryl methyl sites for hydroxylation is 2. The van der Waals surface area contributed by atoms with Gasteiger partial charge in [-0.15, -0.1) is 0 Å². The molecule has 0 aliphatic carbocycles. The van der Waals surface area contributed by atoms with E-state index in [0.717, 1.165) is 22.4 Å². The molecule has 0 spiro atoms. The van der Waals surface area contributed by atoms with Crippen molar-refractivity contribution in [2.24, 2.45) is 0 Å². The number of carbonyl (C=O) groups is 1. The summed E-state index contributed by atoms with van der Waals surface area (Å²) >= 11 is 0. The molecule has 3 N–H and O–H groups in total. The predicted molar refractivity (Wildman–Crippen MR) is 99.9 cm³/mol. The minimum absolute atomic E-state index is 0.0651. The van der Waals surface area contributed by atoms with Crippen LogP contribution in [0.1, 0.15) is 22.3 Å². The van der Waals surface area contributed by atoms with Crippen molar-refractivity contribution in [3.8, 4) is 0 Å². The van der Waals surface area contributed by atoms with Crippen molar-refractivity contribution < 1.29 is 13.2 Å². The first kappa shape index (κ1) is 19.0. The lowest BCUT2D eigenvalue weighted by atomic mass is 10.1. The highest BCUT2D eigenvalue weighted by Crippen LogP contribution is 2.13. The van der Waals surface area contributed by atoms with Gasteiger partial charge in [0.15, 0.2) is 0 Å². The van der Waals surface area contributed by atoms with Crippen molar-refractivity contribution in [3.63, 3.8) is 0 Å². The van der Waals surface area contributed by atoms with E-state index in [1.807, 2.05) is 32.0 Å². The lowest BCUT2D eigenvalue weighted by Crippen LogP contribution is -2.28. The molecule has 0 heterocycles. The predicted octanol–water partition coefficient (Wildman–Crippen LogP) is 2.67. The third kappa shape index (κ3) is 6.21. The van der Waals surface area contributed by atoms with E-state index in [0.29, 0.717) is 12.1 Å². The number of amides is 2. The largest absolute Gasteiger partial charge is 0.334 e. The second-order valence-corrected chi connectivity index (χ2v) is 7.89. The first-order valence-electron chi connectivity index (χ1n) is 7.89. The standard InChI is InChI=1S/C18H23N3O3S/c1-13-8-14(2)10-17(9-13)21-18(22)20-11-15-4-6-16(7-5-15)12-25(23,24)19-3/h4-10,19H,11-12H2,1-3H3,(H2,20,21,22). The number of urea groups is 1. The van der Waals surface area contributed by atoms with Gasteiger partial charge in [0.25, 0.3) is 0 Å². The molecule has 2 aromatic carbocycles. The maximum Gasteiger partial charge on any atom is 0.319 e. The van der Waals surface area contributed by atoms with Gasteiger partial charge in [0.05, 0.1) is 5.75 Å². The van der Waals surface area contributed by atoms with Gasteiger partial charge in [0.1, 0.15) is 0 Å². The molecular weight excluding hydrogens is 338 g/mol. The molecule has 0 unspecified atom stereocenters. The fraction of sp³-hybridized carbons (Fsp3) is 0.278. The van der Waals surface area contributed by atoms with Crippen molar-refractivity contribution in [1.82, 2.24) is 10.0 Å². The molecule has 7 heteroatoms. The maximum atomic E-state index is 12.0. The van der Waals surface area contributed by atoms with Crippen molar-refractivity contribution >= 4 is 21.7 Å². The zero-order valence-corrected chi connectivity index (χ0v) is 15.4. The van der Waals surface area contributed by atoms with Gasteiger partial charge in [-0.3, -0.25) is 0 Å². The van der Waals surface area contributed by atoms with Crippen LogP contribution < -0.4 is 15.4 Å². The third-order valence-electron chi connectivity index (χ3n) is 3.62. The Morgan fingerprint density at radius 3 is 2.08 bits per heavy atom. The van der Waals surface area contributed by atoms with Crippen LogP contribution in [0.15, 0.2) is 42.5 Å². The van der Waals surface area contributed by atoms with E-state index < -0.39 is 10.0 Å². The van der Waals surface area contributed by atoms with E-state index in [9.17, 15) is 13.2 Å². The van der Waals surface area contributed by atoms with Crippen LogP contribution in [0.5, 0.6) is 0 Å². The average Bonchev–Trinajstić information content (AvgIpc) is 2.53. The molecule has 0 aromatic heterocycles. The molecule has 0 aliphatic rings. The van der Waals surface area contributed by atoms with Gasteiger partial charge >= 0.3 is 6.03 Å². The SMILES string of the molecule is CNS(=O)(=O)Cc1ccc(CNC(=O)Nc2cc(C)cc(C)c2)cc1. The number of anilines is 1. The van der Waals surface area contributed by atoms with Crippen LogP contribution >= 0.6 is 0 Å². The fourth-order valence-electron chi connectivity index (χ4n) is 2.45. The number of sulfonamides is 1. The van der Waals surface area contributed by atoms with Gasteiger partial charge < -0.3 is 10.6 Å². The molecule has 0 atom stereocenters. The average molecular weight is 361 g/mol. The molecule has 0 bridgehead atoms. The third-order valence-corrected chi connectivity index (χ3v) is 4.96. The molecule has 25 heavy (non-hydrogen) atoms. The van der Waals surface area contributed by atoms with Crippen LogP contribution in [0.25, 0.3) is 0 Å². The van der Waals surface area contributed by atoms with Gasteiger partial charge in [-0.1, -0.05) is 30.3 Å². The summed E-state index contributed by atoms with van der Waals surface area (Å²) in [6.45, 7) is 4.31. The number of nitrogens with one attached hydrogen (secondary N) is 3. The minimum Gasteiger partial charge on any atom is -0.334 e. The minimum atomic E-state index is -3.28. The van der Waals surface area contributed by atoms with Gasteiger partial charge in [-0.05, 0) is 55.3 Å². The lowest BCUT2D eigenvalue weighted by Gasteiger charge is -2.10. The van der Waals surface area contributed by atoms with Crippen LogP contribution in [0.4, 0.5) is 10.5 Å². The number of rotatable bonds is 6. The Morgan fingerprint density at radius 1 is 0.960 bits per heavy atom. The molecule has 0 saturated carbocycles. The van der Waals surface area contributed by atoms with Gasteiger partial charge in [-0.2, -0.15) is 0 Å². The lowest BCUT2D eigenvalue weighted by molar-refractivity contribution is 0.251. The van der Waals surface area contributed by atoms with Gasteiger partial charge in [0, 0.05) is 12.2 Å². The molecular formula is C18H23N3O3S. The summed E-state index contributed by atoms with van der Waals surface area (Å²) in [5.74, 6) is -0.0651. The molecule has 2 aromatic rings. The Balaban J connectivity index is 1.89. The molecule has 134 valence electrons. The van der Waals surface area contributed by atoms with E-state index in [4.69, 9.17) is 0 Å². The van der Waals surface area contributed by atoms with Crippen molar-refractivity contribution in [2.45, 2.75) is 26.1 Å². The maximum absolute atomic E-state index is 12.0. The Bertz CT molecular complexity index is 826. The number of benzene rings is 2. The summed E-state index contributed by atoms with van der Waals surface area (Å²) in [6.07, 6.45) is 0. The number of hydrogen-bond acceptors (Lipinski definition) is 3. The van der Waals surface area contributed by atoms with E-state index >= 15 is 0 Å². The van der Waals surface area contributed by atoms with Crippen molar-refractivity contribution in [3.05, 3.63) is 64.7 Å². The van der Waals surface area contributed by atoms with Crippen LogP contribution in [0, 0.1) is 13.8 Å². The monoisotopic (exact) mass is 361 g/mol. The topological polar surface area (TPSA) is 87.3 Å². The molecule has 0 radical (unpaired) electrons. The Morgan fingerprint density at radius 2 is 1.52 bits per heavy atom. The molecule has 0 saturated heterocycles. The Kier molecular flexibility index (Phi) is 6.17. The van der Waals surface area contributed by atoms with Crippen LogP contribution in [-0.4, -0.2) is 21.5 Å². The summed E-state index contributed by atoms with van der Waals surface area (Å²) in [6, 6.07) is 12.7. The highest BCUT2D eigenvalue weighted by atomic mass is 32.2. The quantitative estimate of drug-likeness (QED) is 0.739. The van der Waals surface area contributed by atoms with E-state index in [2.05, 4.69) is 15.4 Å². The summed E-state index contributed by atoms with van der Waals surface area (Å²) < 4.78 is 25.3. The first-order valence-corrected chi connectivity index (χ1v) is 9.55. The van der Waals surface area contributed by atoms with E-state index in [1.54, 1.807) is 24.3 Å². The van der Waals surface area contributed by atoms with Crippen molar-refractivity contribution in [2.75, 3.05) is 12.4 Å². The summed E-state index contributed by atoms with van der Waals surface area (Å²) in [5, 5.41) is 5.59. The van der Waals surface area contributed by atoms with E-state index in [1.165, 1.54) is 7.05 Å².